The molecule has 3 aromatic rings. The maximum Gasteiger partial charge on any atom is 0.104 e. The summed E-state index contributed by atoms with van der Waals surface area (Å²) >= 11 is 0. The van der Waals surface area contributed by atoms with Crippen molar-refractivity contribution in [2.24, 2.45) is 0 Å². The van der Waals surface area contributed by atoms with Crippen molar-refractivity contribution in [3.05, 3.63) is 53.6 Å². The van der Waals surface area contributed by atoms with Crippen LogP contribution in [0.25, 0.3) is 11.0 Å². The van der Waals surface area contributed by atoms with Crippen molar-refractivity contribution in [2.75, 3.05) is 5.32 Å². The van der Waals surface area contributed by atoms with E-state index in [0.717, 1.165) is 34.8 Å². The van der Waals surface area contributed by atoms with E-state index < -0.39 is 0 Å². The molecule has 0 saturated carbocycles. The lowest BCUT2D eigenvalue weighted by molar-refractivity contribution is 1.09. The minimum absolute atomic E-state index is 0.770. The second-order valence-corrected chi connectivity index (χ2v) is 4.72. The van der Waals surface area contributed by atoms with E-state index in [1.165, 1.54) is 5.56 Å². The number of hydrogen-bond donors (Lipinski definition) is 2. The first kappa shape index (κ1) is 11.7. The average Bonchev–Trinajstić information content (AvgIpc) is 2.77. The summed E-state index contributed by atoms with van der Waals surface area (Å²) in [5.74, 6) is 0.940. The lowest BCUT2D eigenvalue weighted by atomic mass is 10.2. The molecule has 0 aliphatic rings. The number of pyridine rings is 1. The standard InChI is InChI=1S/C15H16N4/c1-10-3-4-12(8-16-10)9-17-13-5-6-14-15(7-13)19-11(2)18-14/h3-8,17H,9H2,1-2H3,(H,18,19). The quantitative estimate of drug-likeness (QED) is 0.752. The Morgan fingerprint density at radius 2 is 2.05 bits per heavy atom. The SMILES string of the molecule is Cc1ccc(CNc2ccc3nc(C)[nH]c3c2)cn1. The number of benzene rings is 1. The summed E-state index contributed by atoms with van der Waals surface area (Å²) < 4.78 is 0. The third-order valence-electron chi connectivity index (χ3n) is 3.07. The fraction of sp³-hybridized carbons (Fsp3) is 0.200. The molecule has 19 heavy (non-hydrogen) atoms. The minimum Gasteiger partial charge on any atom is -0.381 e. The summed E-state index contributed by atoms with van der Waals surface area (Å²) in [4.78, 5) is 11.9. The second kappa shape index (κ2) is 4.72. The van der Waals surface area contributed by atoms with Crippen LogP contribution >= 0.6 is 0 Å². The van der Waals surface area contributed by atoms with Crippen molar-refractivity contribution in [3.8, 4) is 0 Å². The fourth-order valence-electron chi connectivity index (χ4n) is 2.05. The van der Waals surface area contributed by atoms with E-state index in [-0.39, 0.29) is 0 Å². The highest BCUT2D eigenvalue weighted by atomic mass is 14.9. The predicted molar refractivity (Wildman–Crippen MR) is 77.1 cm³/mol. The molecule has 96 valence electrons. The molecule has 2 aromatic heterocycles. The maximum atomic E-state index is 4.39. The van der Waals surface area contributed by atoms with E-state index in [4.69, 9.17) is 0 Å². The van der Waals surface area contributed by atoms with Gasteiger partial charge in [-0.25, -0.2) is 4.98 Å². The van der Waals surface area contributed by atoms with E-state index in [1.54, 1.807) is 0 Å². The number of imidazole rings is 1. The number of aromatic nitrogens is 3. The summed E-state index contributed by atoms with van der Waals surface area (Å²) in [7, 11) is 0. The molecule has 0 amide bonds. The summed E-state index contributed by atoms with van der Waals surface area (Å²) in [6.45, 7) is 4.72. The van der Waals surface area contributed by atoms with Crippen LogP contribution < -0.4 is 5.32 Å². The number of nitrogens with zero attached hydrogens (tertiary/aromatic N) is 2. The van der Waals surface area contributed by atoms with Crippen LogP contribution in [0.1, 0.15) is 17.1 Å². The van der Waals surface area contributed by atoms with Gasteiger partial charge in [0, 0.05) is 24.1 Å². The number of aryl methyl sites for hydroxylation is 2. The van der Waals surface area contributed by atoms with Crippen LogP contribution in [0.3, 0.4) is 0 Å². The van der Waals surface area contributed by atoms with Crippen LogP contribution in [-0.2, 0) is 6.54 Å². The largest absolute Gasteiger partial charge is 0.381 e. The molecule has 1 aromatic carbocycles. The number of fused-ring (bicyclic) bond motifs is 1. The Labute approximate surface area is 111 Å². The van der Waals surface area contributed by atoms with E-state index in [0.29, 0.717) is 0 Å². The van der Waals surface area contributed by atoms with Gasteiger partial charge in [-0.2, -0.15) is 0 Å². The summed E-state index contributed by atoms with van der Waals surface area (Å²) in [6.07, 6.45) is 1.90. The third kappa shape index (κ3) is 2.57. The highest BCUT2D eigenvalue weighted by Gasteiger charge is 2.01. The van der Waals surface area contributed by atoms with Gasteiger partial charge in [0.05, 0.1) is 11.0 Å². The molecule has 0 atom stereocenters. The van der Waals surface area contributed by atoms with Gasteiger partial charge in [0.2, 0.25) is 0 Å². The van der Waals surface area contributed by atoms with Crippen molar-refractivity contribution in [3.63, 3.8) is 0 Å². The Morgan fingerprint density at radius 1 is 1.16 bits per heavy atom. The maximum absolute atomic E-state index is 4.39. The van der Waals surface area contributed by atoms with Gasteiger partial charge in [-0.1, -0.05) is 6.07 Å². The van der Waals surface area contributed by atoms with Crippen molar-refractivity contribution in [2.45, 2.75) is 20.4 Å². The zero-order valence-electron chi connectivity index (χ0n) is 11.1. The zero-order chi connectivity index (χ0) is 13.2. The van der Waals surface area contributed by atoms with Crippen LogP contribution in [0.15, 0.2) is 36.5 Å². The molecule has 0 fully saturated rings. The molecule has 0 saturated heterocycles. The molecule has 2 N–H and O–H groups in total. The molecule has 0 aliphatic carbocycles. The van der Waals surface area contributed by atoms with Crippen molar-refractivity contribution in [1.29, 1.82) is 0 Å². The highest BCUT2D eigenvalue weighted by molar-refractivity contribution is 5.79. The molecule has 2 heterocycles. The topological polar surface area (TPSA) is 53.6 Å². The third-order valence-corrected chi connectivity index (χ3v) is 3.07. The van der Waals surface area contributed by atoms with Gasteiger partial charge >= 0.3 is 0 Å². The molecular weight excluding hydrogens is 236 g/mol. The molecule has 4 nitrogen and oxygen atoms in total. The number of H-pyrrole nitrogens is 1. The van der Waals surface area contributed by atoms with Crippen molar-refractivity contribution in [1.82, 2.24) is 15.0 Å². The van der Waals surface area contributed by atoms with E-state index in [1.807, 2.05) is 38.2 Å². The fourth-order valence-corrected chi connectivity index (χ4v) is 2.05. The van der Waals surface area contributed by atoms with Gasteiger partial charge in [-0.3, -0.25) is 4.98 Å². The number of rotatable bonds is 3. The molecule has 0 radical (unpaired) electrons. The lowest BCUT2D eigenvalue weighted by Gasteiger charge is -2.06. The Morgan fingerprint density at radius 3 is 2.84 bits per heavy atom. The van der Waals surface area contributed by atoms with Crippen LogP contribution in [-0.4, -0.2) is 15.0 Å². The molecule has 0 unspecified atom stereocenters. The first-order chi connectivity index (χ1) is 9.20. The molecule has 0 bridgehead atoms. The Bertz CT molecular complexity index is 698. The summed E-state index contributed by atoms with van der Waals surface area (Å²) in [6, 6.07) is 10.3. The highest BCUT2D eigenvalue weighted by Crippen LogP contribution is 2.17. The number of anilines is 1. The molecule has 0 spiro atoms. The van der Waals surface area contributed by atoms with Crippen LogP contribution in [0.5, 0.6) is 0 Å². The van der Waals surface area contributed by atoms with Crippen molar-refractivity contribution < 1.29 is 0 Å². The number of hydrogen-bond acceptors (Lipinski definition) is 3. The monoisotopic (exact) mass is 252 g/mol. The van der Waals surface area contributed by atoms with Gasteiger partial charge < -0.3 is 10.3 Å². The smallest absolute Gasteiger partial charge is 0.104 e. The zero-order valence-corrected chi connectivity index (χ0v) is 11.1. The Kier molecular flexibility index (Phi) is 2.91. The van der Waals surface area contributed by atoms with Crippen LogP contribution in [0, 0.1) is 13.8 Å². The van der Waals surface area contributed by atoms with Crippen molar-refractivity contribution >= 4 is 16.7 Å². The molecule has 0 aliphatic heterocycles. The van der Waals surface area contributed by atoms with Gasteiger partial charge in [0.1, 0.15) is 5.82 Å². The average molecular weight is 252 g/mol. The first-order valence-corrected chi connectivity index (χ1v) is 6.32. The first-order valence-electron chi connectivity index (χ1n) is 6.32. The minimum atomic E-state index is 0.770. The lowest BCUT2D eigenvalue weighted by Crippen LogP contribution is -1.99. The van der Waals surface area contributed by atoms with Gasteiger partial charge in [-0.15, -0.1) is 0 Å². The normalized spacial score (nSPS) is 10.8. The summed E-state index contributed by atoms with van der Waals surface area (Å²) in [5, 5.41) is 3.39. The predicted octanol–water partition coefficient (Wildman–Crippen LogP) is 3.19. The molecule has 4 heteroatoms. The molecular formula is C15H16N4. The Balaban J connectivity index is 1.75. The van der Waals surface area contributed by atoms with Gasteiger partial charge in [-0.05, 0) is 43.7 Å². The Hall–Kier alpha value is -2.36. The second-order valence-electron chi connectivity index (χ2n) is 4.72. The molecule has 3 rings (SSSR count). The van der Waals surface area contributed by atoms with E-state index in [2.05, 4.69) is 32.4 Å². The summed E-state index contributed by atoms with van der Waals surface area (Å²) in [5.41, 5.74) is 5.35. The number of nitrogens with one attached hydrogen (secondary N) is 2. The number of aromatic amines is 1. The van der Waals surface area contributed by atoms with Crippen LogP contribution in [0.4, 0.5) is 5.69 Å². The van der Waals surface area contributed by atoms with Crippen LogP contribution in [0.2, 0.25) is 0 Å². The van der Waals surface area contributed by atoms with E-state index in [9.17, 15) is 0 Å². The van der Waals surface area contributed by atoms with E-state index >= 15 is 0 Å². The van der Waals surface area contributed by atoms with Gasteiger partial charge in [0.15, 0.2) is 0 Å². The van der Waals surface area contributed by atoms with Gasteiger partial charge in [0.25, 0.3) is 0 Å².